The Hall–Kier alpha value is -2.22. The van der Waals surface area contributed by atoms with E-state index in [0.717, 1.165) is 5.56 Å². The monoisotopic (exact) mass is 260 g/mol. The second-order valence-corrected chi connectivity index (χ2v) is 4.42. The first kappa shape index (κ1) is 13.2. The van der Waals surface area contributed by atoms with Gasteiger partial charge in [-0.1, -0.05) is 0 Å². The molecule has 1 saturated heterocycles. The summed E-state index contributed by atoms with van der Waals surface area (Å²) in [6.07, 6.45) is 0.843. The average molecular weight is 260 g/mol. The molecule has 1 amide bonds. The number of hydrogen-bond acceptors (Lipinski definition) is 4. The van der Waals surface area contributed by atoms with E-state index in [0.29, 0.717) is 30.9 Å². The fourth-order valence-electron chi connectivity index (χ4n) is 2.19. The van der Waals surface area contributed by atoms with Gasteiger partial charge in [-0.25, -0.2) is 0 Å². The number of carbonyl (C=O) groups excluding carboxylic acids is 1. The smallest absolute Gasteiger partial charge is 0.225 e. The van der Waals surface area contributed by atoms with E-state index in [1.165, 1.54) is 0 Å². The van der Waals surface area contributed by atoms with Crippen LogP contribution in [-0.2, 0) is 11.3 Å². The van der Waals surface area contributed by atoms with Crippen LogP contribution in [-0.4, -0.2) is 31.1 Å². The summed E-state index contributed by atoms with van der Waals surface area (Å²) in [5.74, 6) is 1.48. The van der Waals surface area contributed by atoms with Gasteiger partial charge < -0.3 is 14.4 Å². The SMILES string of the molecule is COc1ccc(CN2C(=O)CC2CC#N)c(OC)c1. The molecule has 1 fully saturated rings. The van der Waals surface area contributed by atoms with Gasteiger partial charge >= 0.3 is 0 Å². The Morgan fingerprint density at radius 1 is 1.42 bits per heavy atom. The van der Waals surface area contributed by atoms with Crippen molar-refractivity contribution in [3.63, 3.8) is 0 Å². The molecule has 5 nitrogen and oxygen atoms in total. The first-order valence-electron chi connectivity index (χ1n) is 6.07. The van der Waals surface area contributed by atoms with Gasteiger partial charge in [-0.15, -0.1) is 0 Å². The minimum absolute atomic E-state index is 0.0318. The second-order valence-electron chi connectivity index (χ2n) is 4.42. The quantitative estimate of drug-likeness (QED) is 0.756. The van der Waals surface area contributed by atoms with E-state index in [9.17, 15) is 4.79 Å². The van der Waals surface area contributed by atoms with Crippen LogP contribution in [0.4, 0.5) is 0 Å². The van der Waals surface area contributed by atoms with E-state index in [1.807, 2.05) is 12.1 Å². The molecular formula is C14H16N2O3. The summed E-state index contributed by atoms with van der Waals surface area (Å²) in [6, 6.07) is 7.65. The van der Waals surface area contributed by atoms with Crippen molar-refractivity contribution in [2.24, 2.45) is 0 Å². The van der Waals surface area contributed by atoms with Crippen molar-refractivity contribution in [1.82, 2.24) is 4.90 Å². The van der Waals surface area contributed by atoms with Gasteiger partial charge in [0.05, 0.1) is 32.8 Å². The van der Waals surface area contributed by atoms with Crippen molar-refractivity contribution in [3.8, 4) is 17.6 Å². The molecule has 0 N–H and O–H groups in total. The molecule has 5 heteroatoms. The summed E-state index contributed by atoms with van der Waals surface area (Å²) in [7, 11) is 3.18. The van der Waals surface area contributed by atoms with Crippen molar-refractivity contribution in [1.29, 1.82) is 5.26 Å². The number of nitrogens with zero attached hydrogens (tertiary/aromatic N) is 2. The number of β-lactam (4-membered cyclic amide) rings is 1. The fourth-order valence-corrected chi connectivity index (χ4v) is 2.19. The van der Waals surface area contributed by atoms with Crippen LogP contribution in [0.15, 0.2) is 18.2 Å². The molecular weight excluding hydrogens is 244 g/mol. The van der Waals surface area contributed by atoms with Crippen LogP contribution in [0.3, 0.4) is 0 Å². The van der Waals surface area contributed by atoms with Gasteiger partial charge in [0.25, 0.3) is 0 Å². The predicted molar refractivity (Wildman–Crippen MR) is 68.7 cm³/mol. The lowest BCUT2D eigenvalue weighted by Gasteiger charge is -2.39. The standard InChI is InChI=1S/C14H16N2O3/c1-18-12-4-3-10(13(8-12)19-2)9-16-11(5-6-15)7-14(16)17/h3-4,8,11H,5,7,9H2,1-2H3. The van der Waals surface area contributed by atoms with Crippen molar-refractivity contribution >= 4 is 5.91 Å². The lowest BCUT2D eigenvalue weighted by molar-refractivity contribution is -0.146. The Bertz CT molecular complexity index is 522. The van der Waals surface area contributed by atoms with Gasteiger partial charge in [0.2, 0.25) is 5.91 Å². The van der Waals surface area contributed by atoms with Gasteiger partial charge in [-0.3, -0.25) is 4.79 Å². The van der Waals surface area contributed by atoms with Crippen molar-refractivity contribution in [2.45, 2.75) is 25.4 Å². The summed E-state index contributed by atoms with van der Waals surface area (Å²) >= 11 is 0. The average Bonchev–Trinajstić information content (AvgIpc) is 2.44. The summed E-state index contributed by atoms with van der Waals surface area (Å²) in [4.78, 5) is 13.3. The maximum atomic E-state index is 11.6. The summed E-state index contributed by atoms with van der Waals surface area (Å²) in [6.45, 7) is 0.471. The molecule has 19 heavy (non-hydrogen) atoms. The van der Waals surface area contributed by atoms with Gasteiger partial charge in [-0.2, -0.15) is 5.26 Å². The number of nitriles is 1. The molecule has 0 bridgehead atoms. The number of methoxy groups -OCH3 is 2. The zero-order chi connectivity index (χ0) is 13.8. The molecule has 1 aliphatic rings. The Balaban J connectivity index is 2.14. The Kier molecular flexibility index (Phi) is 3.91. The number of benzene rings is 1. The molecule has 1 aromatic rings. The third kappa shape index (κ3) is 2.63. The summed E-state index contributed by atoms with van der Waals surface area (Å²) < 4.78 is 10.4. The predicted octanol–water partition coefficient (Wildman–Crippen LogP) is 1.72. The second kappa shape index (κ2) is 5.61. The Morgan fingerprint density at radius 3 is 2.79 bits per heavy atom. The number of carbonyl (C=O) groups is 1. The van der Waals surface area contributed by atoms with Crippen LogP contribution in [0.5, 0.6) is 11.5 Å². The fraction of sp³-hybridized carbons (Fsp3) is 0.429. The van der Waals surface area contributed by atoms with E-state index in [1.54, 1.807) is 25.2 Å². The zero-order valence-corrected chi connectivity index (χ0v) is 11.0. The molecule has 1 atom stereocenters. The Morgan fingerprint density at radius 2 is 2.21 bits per heavy atom. The number of hydrogen-bond donors (Lipinski definition) is 0. The molecule has 0 saturated carbocycles. The third-order valence-electron chi connectivity index (χ3n) is 3.33. The van der Waals surface area contributed by atoms with Crippen LogP contribution < -0.4 is 9.47 Å². The highest BCUT2D eigenvalue weighted by molar-refractivity contribution is 5.83. The molecule has 100 valence electrons. The summed E-state index contributed by atoms with van der Waals surface area (Å²) in [5, 5.41) is 8.71. The molecule has 1 aliphatic heterocycles. The first-order valence-corrected chi connectivity index (χ1v) is 6.07. The number of likely N-dealkylation sites (tertiary alicyclic amines) is 1. The largest absolute Gasteiger partial charge is 0.497 e. The number of amides is 1. The topological polar surface area (TPSA) is 62.6 Å². The van der Waals surface area contributed by atoms with E-state index in [4.69, 9.17) is 14.7 Å². The molecule has 1 aromatic carbocycles. The van der Waals surface area contributed by atoms with Crippen LogP contribution in [0, 0.1) is 11.3 Å². The molecule has 1 heterocycles. The maximum absolute atomic E-state index is 11.6. The van der Waals surface area contributed by atoms with Crippen molar-refractivity contribution in [2.75, 3.05) is 14.2 Å². The van der Waals surface area contributed by atoms with Gasteiger partial charge in [-0.05, 0) is 12.1 Å². The van der Waals surface area contributed by atoms with Gasteiger partial charge in [0, 0.05) is 24.6 Å². The van der Waals surface area contributed by atoms with Crippen molar-refractivity contribution in [3.05, 3.63) is 23.8 Å². The van der Waals surface area contributed by atoms with Crippen LogP contribution in [0.25, 0.3) is 0 Å². The van der Waals surface area contributed by atoms with Crippen molar-refractivity contribution < 1.29 is 14.3 Å². The highest BCUT2D eigenvalue weighted by Crippen LogP contribution is 2.30. The molecule has 0 aliphatic carbocycles. The summed E-state index contributed by atoms with van der Waals surface area (Å²) in [5.41, 5.74) is 0.916. The van der Waals surface area contributed by atoms with Crippen LogP contribution in [0.1, 0.15) is 18.4 Å². The third-order valence-corrected chi connectivity index (χ3v) is 3.33. The molecule has 0 aromatic heterocycles. The number of ether oxygens (including phenoxy) is 2. The van der Waals surface area contributed by atoms with Crippen LogP contribution >= 0.6 is 0 Å². The lowest BCUT2D eigenvalue weighted by Crippen LogP contribution is -2.51. The van der Waals surface area contributed by atoms with Gasteiger partial charge in [0.1, 0.15) is 11.5 Å². The lowest BCUT2D eigenvalue weighted by atomic mass is 9.98. The molecule has 1 unspecified atom stereocenters. The van der Waals surface area contributed by atoms with E-state index >= 15 is 0 Å². The normalized spacial score (nSPS) is 17.6. The van der Waals surface area contributed by atoms with E-state index < -0.39 is 0 Å². The maximum Gasteiger partial charge on any atom is 0.225 e. The zero-order valence-electron chi connectivity index (χ0n) is 11.0. The van der Waals surface area contributed by atoms with E-state index in [2.05, 4.69) is 6.07 Å². The van der Waals surface area contributed by atoms with Crippen LogP contribution in [0.2, 0.25) is 0 Å². The molecule has 0 spiro atoms. The minimum atomic E-state index is 0.0318. The molecule has 2 rings (SSSR count). The molecule has 0 radical (unpaired) electrons. The highest BCUT2D eigenvalue weighted by Gasteiger charge is 2.35. The Labute approximate surface area is 112 Å². The van der Waals surface area contributed by atoms with E-state index in [-0.39, 0.29) is 11.9 Å². The number of rotatable bonds is 5. The first-order chi connectivity index (χ1) is 9.19. The highest BCUT2D eigenvalue weighted by atomic mass is 16.5. The van der Waals surface area contributed by atoms with Gasteiger partial charge in [0.15, 0.2) is 0 Å². The minimum Gasteiger partial charge on any atom is -0.497 e.